The monoisotopic (exact) mass is 225 g/mol. The minimum Gasteiger partial charge on any atom is -0.357 e. The van der Waals surface area contributed by atoms with E-state index in [1.54, 1.807) is 13.8 Å². The van der Waals surface area contributed by atoms with E-state index < -0.39 is 12.1 Å². The number of amides is 2. The molecule has 0 aliphatic rings. The van der Waals surface area contributed by atoms with Crippen LogP contribution in [0.2, 0.25) is 0 Å². The number of carbonyl (C=O) groups is 2. The number of hydrogen-bond acceptors (Lipinski definition) is 4. The van der Waals surface area contributed by atoms with Crippen LogP contribution >= 0.6 is 0 Å². The van der Waals surface area contributed by atoms with Crippen molar-refractivity contribution in [2.45, 2.75) is 25.9 Å². The van der Waals surface area contributed by atoms with Gasteiger partial charge >= 0.3 is 0 Å². The van der Waals surface area contributed by atoms with Gasteiger partial charge in [0.1, 0.15) is 24.7 Å². The summed E-state index contributed by atoms with van der Waals surface area (Å²) in [6.45, 7) is 3.30. The van der Waals surface area contributed by atoms with Crippen molar-refractivity contribution in [1.82, 2.24) is 25.4 Å². The molecule has 16 heavy (non-hydrogen) atoms. The summed E-state index contributed by atoms with van der Waals surface area (Å²) in [5.41, 5.74) is 0. The molecule has 0 spiro atoms. The zero-order valence-corrected chi connectivity index (χ0v) is 9.47. The summed E-state index contributed by atoms with van der Waals surface area (Å²) < 4.78 is 1.42. The maximum absolute atomic E-state index is 11.7. The van der Waals surface area contributed by atoms with Crippen molar-refractivity contribution in [2.75, 3.05) is 7.05 Å². The topological polar surface area (TPSA) is 88.9 Å². The van der Waals surface area contributed by atoms with Crippen LogP contribution in [0.5, 0.6) is 0 Å². The van der Waals surface area contributed by atoms with Crippen molar-refractivity contribution in [3.63, 3.8) is 0 Å². The third kappa shape index (κ3) is 2.78. The van der Waals surface area contributed by atoms with E-state index >= 15 is 0 Å². The second-order valence-corrected chi connectivity index (χ2v) is 3.40. The highest BCUT2D eigenvalue weighted by Crippen LogP contribution is 2.02. The predicted molar refractivity (Wildman–Crippen MR) is 56.4 cm³/mol. The minimum atomic E-state index is -0.566. The first-order chi connectivity index (χ1) is 7.56. The van der Waals surface area contributed by atoms with Gasteiger partial charge in [0.25, 0.3) is 0 Å². The normalized spacial score (nSPS) is 13.9. The largest absolute Gasteiger partial charge is 0.357 e. The Labute approximate surface area is 93.2 Å². The van der Waals surface area contributed by atoms with Gasteiger partial charge in [-0.1, -0.05) is 0 Å². The highest BCUT2D eigenvalue weighted by atomic mass is 16.2. The molecule has 2 amide bonds. The van der Waals surface area contributed by atoms with Gasteiger partial charge in [-0.15, -0.1) is 0 Å². The second-order valence-electron chi connectivity index (χ2n) is 3.40. The Kier molecular flexibility index (Phi) is 3.98. The highest BCUT2D eigenvalue weighted by molar-refractivity contribution is 5.88. The van der Waals surface area contributed by atoms with Gasteiger partial charge < -0.3 is 10.6 Å². The fraction of sp³-hybridized carbons (Fsp3) is 0.556. The van der Waals surface area contributed by atoms with Crippen LogP contribution in [0.25, 0.3) is 0 Å². The van der Waals surface area contributed by atoms with Crippen molar-refractivity contribution >= 4 is 11.8 Å². The van der Waals surface area contributed by atoms with E-state index in [4.69, 9.17) is 0 Å². The third-order valence-electron chi connectivity index (χ3n) is 2.21. The fourth-order valence-corrected chi connectivity index (χ4v) is 1.15. The summed E-state index contributed by atoms with van der Waals surface area (Å²) >= 11 is 0. The smallest absolute Gasteiger partial charge is 0.245 e. The fourth-order valence-electron chi connectivity index (χ4n) is 1.15. The van der Waals surface area contributed by atoms with E-state index in [0.717, 1.165) is 0 Å². The SMILES string of the molecule is CNC(=O)[C@@H](C)NC(=O)[C@H](C)n1cncn1. The lowest BCUT2D eigenvalue weighted by molar-refractivity contribution is -0.130. The number of nitrogens with zero attached hydrogens (tertiary/aromatic N) is 3. The highest BCUT2D eigenvalue weighted by Gasteiger charge is 2.20. The van der Waals surface area contributed by atoms with Crippen molar-refractivity contribution in [1.29, 1.82) is 0 Å². The molecule has 88 valence electrons. The molecule has 1 heterocycles. The maximum Gasteiger partial charge on any atom is 0.245 e. The maximum atomic E-state index is 11.7. The number of nitrogens with one attached hydrogen (secondary N) is 2. The van der Waals surface area contributed by atoms with Gasteiger partial charge in [-0.2, -0.15) is 5.10 Å². The molecule has 1 aromatic heterocycles. The predicted octanol–water partition coefficient (Wildman–Crippen LogP) is -0.910. The first kappa shape index (κ1) is 12.2. The summed E-state index contributed by atoms with van der Waals surface area (Å²) in [7, 11) is 1.52. The summed E-state index contributed by atoms with van der Waals surface area (Å²) in [6, 6.07) is -1.06. The molecule has 7 heteroatoms. The average Bonchev–Trinajstić information content (AvgIpc) is 2.79. The second kappa shape index (κ2) is 5.24. The first-order valence-electron chi connectivity index (χ1n) is 4.92. The van der Waals surface area contributed by atoms with Crippen LogP contribution in [-0.2, 0) is 9.59 Å². The lowest BCUT2D eigenvalue weighted by Gasteiger charge is -2.16. The van der Waals surface area contributed by atoms with E-state index in [0.29, 0.717) is 0 Å². The van der Waals surface area contributed by atoms with Gasteiger partial charge in [0, 0.05) is 7.05 Å². The molecule has 0 saturated carbocycles. The zero-order chi connectivity index (χ0) is 12.1. The van der Waals surface area contributed by atoms with Gasteiger partial charge in [-0.3, -0.25) is 9.59 Å². The van der Waals surface area contributed by atoms with Gasteiger partial charge in [0.2, 0.25) is 11.8 Å². The van der Waals surface area contributed by atoms with Crippen LogP contribution in [0.1, 0.15) is 19.9 Å². The summed E-state index contributed by atoms with van der Waals surface area (Å²) in [4.78, 5) is 26.6. The molecule has 7 nitrogen and oxygen atoms in total. The third-order valence-corrected chi connectivity index (χ3v) is 2.21. The number of aromatic nitrogens is 3. The van der Waals surface area contributed by atoms with Gasteiger partial charge in [-0.05, 0) is 13.8 Å². The van der Waals surface area contributed by atoms with Crippen LogP contribution in [0, 0.1) is 0 Å². The number of likely N-dealkylation sites (N-methyl/N-ethyl adjacent to an activating group) is 1. The zero-order valence-electron chi connectivity index (χ0n) is 9.47. The van der Waals surface area contributed by atoms with Crippen molar-refractivity contribution in [2.24, 2.45) is 0 Å². The Morgan fingerprint density at radius 2 is 2.00 bits per heavy atom. The lowest BCUT2D eigenvalue weighted by atomic mass is 10.2. The molecule has 0 aliphatic heterocycles. The Morgan fingerprint density at radius 3 is 2.50 bits per heavy atom. The van der Waals surface area contributed by atoms with E-state index in [1.165, 1.54) is 24.4 Å². The molecule has 0 aromatic carbocycles. The van der Waals surface area contributed by atoms with Crippen molar-refractivity contribution in [3.8, 4) is 0 Å². The van der Waals surface area contributed by atoms with Gasteiger partial charge in [0.05, 0.1) is 0 Å². The molecule has 0 fully saturated rings. The van der Waals surface area contributed by atoms with Crippen molar-refractivity contribution < 1.29 is 9.59 Å². The Bertz CT molecular complexity index is 362. The van der Waals surface area contributed by atoms with Crippen molar-refractivity contribution in [3.05, 3.63) is 12.7 Å². The molecule has 2 N–H and O–H groups in total. The standard InChI is InChI=1S/C9H15N5O2/c1-6(8(15)10-3)13-9(16)7(2)14-5-11-4-12-14/h4-7H,1-3H3,(H,10,15)(H,13,16)/t6-,7+/m1/s1. The Morgan fingerprint density at radius 1 is 1.31 bits per heavy atom. The first-order valence-corrected chi connectivity index (χ1v) is 4.92. The molecule has 0 unspecified atom stereocenters. The number of hydrogen-bond donors (Lipinski definition) is 2. The molecule has 0 bridgehead atoms. The van der Waals surface area contributed by atoms with Crippen LogP contribution in [0.15, 0.2) is 12.7 Å². The molecule has 0 aliphatic carbocycles. The quantitative estimate of drug-likeness (QED) is 0.694. The molecule has 1 aromatic rings. The minimum absolute atomic E-state index is 0.237. The van der Waals surface area contributed by atoms with E-state index in [9.17, 15) is 9.59 Å². The van der Waals surface area contributed by atoms with E-state index in [1.807, 2.05) is 0 Å². The molecule has 0 saturated heterocycles. The summed E-state index contributed by atoms with van der Waals surface area (Å²) in [5.74, 6) is -0.513. The Balaban J connectivity index is 2.56. The number of rotatable bonds is 4. The summed E-state index contributed by atoms with van der Waals surface area (Å²) in [5, 5.41) is 8.89. The van der Waals surface area contributed by atoms with Crippen LogP contribution in [0.3, 0.4) is 0 Å². The van der Waals surface area contributed by atoms with E-state index in [-0.39, 0.29) is 11.8 Å². The van der Waals surface area contributed by atoms with Gasteiger partial charge in [0.15, 0.2) is 0 Å². The van der Waals surface area contributed by atoms with Gasteiger partial charge in [-0.25, -0.2) is 9.67 Å². The van der Waals surface area contributed by atoms with E-state index in [2.05, 4.69) is 20.7 Å². The average molecular weight is 225 g/mol. The summed E-state index contributed by atoms with van der Waals surface area (Å²) in [6.07, 6.45) is 2.81. The molecule has 2 atom stereocenters. The molecular formula is C9H15N5O2. The lowest BCUT2D eigenvalue weighted by Crippen LogP contribution is -2.45. The van der Waals surface area contributed by atoms with Crippen LogP contribution in [0.4, 0.5) is 0 Å². The van der Waals surface area contributed by atoms with Crippen LogP contribution in [-0.4, -0.2) is 39.7 Å². The number of carbonyl (C=O) groups excluding carboxylic acids is 2. The Hall–Kier alpha value is -1.92. The molecule has 1 rings (SSSR count). The van der Waals surface area contributed by atoms with Crippen LogP contribution < -0.4 is 10.6 Å². The molecule has 0 radical (unpaired) electrons. The molecular weight excluding hydrogens is 210 g/mol.